The van der Waals surface area contributed by atoms with Crippen molar-refractivity contribution in [1.29, 1.82) is 0 Å². The Kier molecular flexibility index (Phi) is 23.1. The Hall–Kier alpha value is -0.440. The normalized spacial score (nSPS) is 10.5. The largest absolute Gasteiger partial charge is 0.465 e. The molecule has 0 spiro atoms. The maximum atomic E-state index is 11.3. The first-order chi connectivity index (χ1) is 11.7. The van der Waals surface area contributed by atoms with Gasteiger partial charge in [0.1, 0.15) is 0 Å². The van der Waals surface area contributed by atoms with Gasteiger partial charge in [-0.3, -0.25) is 0 Å². The summed E-state index contributed by atoms with van der Waals surface area (Å²) in [7, 11) is 0. The summed E-state index contributed by atoms with van der Waals surface area (Å²) in [6, 6.07) is 0. The van der Waals surface area contributed by atoms with Gasteiger partial charge in [0.05, 0.1) is 0 Å². The second kappa shape index (κ2) is 21.6. The van der Waals surface area contributed by atoms with Crippen LogP contribution in [-0.4, -0.2) is 29.2 Å². The molecule has 1 N–H and O–H groups in total. The van der Waals surface area contributed by atoms with Crippen molar-refractivity contribution < 1.29 is 9.90 Å². The van der Waals surface area contributed by atoms with Crippen molar-refractivity contribution in [3.63, 3.8) is 0 Å². The summed E-state index contributed by atoms with van der Waals surface area (Å²) in [5.74, 6) is 0. The van der Waals surface area contributed by atoms with Gasteiger partial charge >= 0.3 is 6.09 Å². The van der Waals surface area contributed by atoms with Gasteiger partial charge in [-0.15, -0.1) is 12.4 Å². The van der Waals surface area contributed by atoms with Crippen LogP contribution < -0.4 is 0 Å². The summed E-state index contributed by atoms with van der Waals surface area (Å²) in [6.07, 6.45) is 19.5. The van der Waals surface area contributed by atoms with Crippen molar-refractivity contribution in [3.05, 3.63) is 0 Å². The van der Waals surface area contributed by atoms with Crippen molar-refractivity contribution in [2.24, 2.45) is 0 Å². The average Bonchev–Trinajstić information content (AvgIpc) is 2.57. The second-order valence-electron chi connectivity index (χ2n) is 7.22. The Labute approximate surface area is 163 Å². The monoisotopic (exact) mass is 377 g/mol. The molecule has 0 radical (unpaired) electrons. The number of hydrogen-bond acceptors (Lipinski definition) is 1. The van der Waals surface area contributed by atoms with E-state index in [1.54, 1.807) is 4.90 Å². The first-order valence-electron chi connectivity index (χ1n) is 10.7. The van der Waals surface area contributed by atoms with Crippen LogP contribution in [0.1, 0.15) is 117 Å². The fourth-order valence-corrected chi connectivity index (χ4v) is 3.18. The van der Waals surface area contributed by atoms with E-state index in [2.05, 4.69) is 13.8 Å². The Bertz CT molecular complexity index is 255. The maximum Gasteiger partial charge on any atom is 0.407 e. The highest BCUT2D eigenvalue weighted by Crippen LogP contribution is 2.11. The highest BCUT2D eigenvalue weighted by Gasteiger charge is 2.10. The molecular weight excluding hydrogens is 334 g/mol. The third-order valence-corrected chi connectivity index (χ3v) is 4.83. The number of carbonyl (C=O) groups is 1. The van der Waals surface area contributed by atoms with Crippen molar-refractivity contribution in [1.82, 2.24) is 4.90 Å². The van der Waals surface area contributed by atoms with Crippen LogP contribution in [-0.2, 0) is 0 Å². The van der Waals surface area contributed by atoms with Crippen LogP contribution in [0.3, 0.4) is 0 Å². The third kappa shape index (κ3) is 19.7. The zero-order valence-corrected chi connectivity index (χ0v) is 17.8. The summed E-state index contributed by atoms with van der Waals surface area (Å²) < 4.78 is 0. The molecule has 0 bridgehead atoms. The molecule has 0 rings (SSSR count). The summed E-state index contributed by atoms with van der Waals surface area (Å²) in [5.41, 5.74) is 0. The molecule has 25 heavy (non-hydrogen) atoms. The number of halogens is 1. The molecule has 0 aromatic heterocycles. The lowest BCUT2D eigenvalue weighted by atomic mass is 10.1. The van der Waals surface area contributed by atoms with E-state index in [4.69, 9.17) is 0 Å². The number of rotatable bonds is 18. The highest BCUT2D eigenvalue weighted by atomic mass is 35.5. The molecular formula is C21H44ClNO2. The molecule has 0 saturated carbocycles. The van der Waals surface area contributed by atoms with E-state index < -0.39 is 6.09 Å². The van der Waals surface area contributed by atoms with E-state index in [-0.39, 0.29) is 12.4 Å². The standard InChI is InChI=1S/C21H43NO2.ClH/c1-3-5-7-9-11-13-15-17-19-22(21(23)24)20-18-16-14-12-10-8-6-4-2;/h3-20H2,1-2H3,(H,23,24);1H. The molecule has 0 heterocycles. The molecule has 0 fully saturated rings. The number of hydrogen-bond donors (Lipinski definition) is 1. The van der Waals surface area contributed by atoms with Gasteiger partial charge in [0.15, 0.2) is 0 Å². The van der Waals surface area contributed by atoms with E-state index in [1.165, 1.54) is 89.9 Å². The van der Waals surface area contributed by atoms with Gasteiger partial charge in [-0.1, -0.05) is 104 Å². The fourth-order valence-electron chi connectivity index (χ4n) is 3.18. The molecule has 0 aromatic rings. The first kappa shape index (κ1) is 26.8. The van der Waals surface area contributed by atoms with Crippen LogP contribution >= 0.6 is 12.4 Å². The van der Waals surface area contributed by atoms with E-state index in [0.717, 1.165) is 25.9 Å². The Morgan fingerprint density at radius 3 is 1.16 bits per heavy atom. The number of carboxylic acid groups (broad SMARTS) is 1. The molecule has 0 atom stereocenters. The van der Waals surface area contributed by atoms with Gasteiger partial charge in [0.25, 0.3) is 0 Å². The van der Waals surface area contributed by atoms with E-state index in [1.807, 2.05) is 0 Å². The minimum Gasteiger partial charge on any atom is -0.465 e. The molecule has 4 heteroatoms. The van der Waals surface area contributed by atoms with Crippen LogP contribution in [0, 0.1) is 0 Å². The van der Waals surface area contributed by atoms with E-state index >= 15 is 0 Å². The number of nitrogens with zero attached hydrogens (tertiary/aromatic N) is 1. The summed E-state index contributed by atoms with van der Waals surface area (Å²) in [5, 5.41) is 9.30. The van der Waals surface area contributed by atoms with Crippen molar-refractivity contribution in [2.45, 2.75) is 117 Å². The summed E-state index contributed by atoms with van der Waals surface area (Å²) in [4.78, 5) is 12.9. The third-order valence-electron chi connectivity index (χ3n) is 4.83. The number of amides is 1. The predicted molar refractivity (Wildman–Crippen MR) is 112 cm³/mol. The SMILES string of the molecule is CCCCCCCCCCN(CCCCCCCCCC)C(=O)O.Cl. The highest BCUT2D eigenvalue weighted by molar-refractivity contribution is 5.85. The Morgan fingerprint density at radius 1 is 0.600 bits per heavy atom. The summed E-state index contributed by atoms with van der Waals surface area (Å²) >= 11 is 0. The quantitative estimate of drug-likeness (QED) is 0.249. The molecule has 0 aromatic carbocycles. The maximum absolute atomic E-state index is 11.3. The smallest absolute Gasteiger partial charge is 0.407 e. The van der Waals surface area contributed by atoms with Gasteiger partial charge in [0, 0.05) is 13.1 Å². The van der Waals surface area contributed by atoms with Gasteiger partial charge < -0.3 is 10.0 Å². The lowest BCUT2D eigenvalue weighted by Crippen LogP contribution is -2.31. The molecule has 0 aliphatic rings. The molecule has 0 aliphatic carbocycles. The zero-order valence-electron chi connectivity index (χ0n) is 16.9. The van der Waals surface area contributed by atoms with Gasteiger partial charge in [0.2, 0.25) is 0 Å². The van der Waals surface area contributed by atoms with Crippen LogP contribution in [0.25, 0.3) is 0 Å². The molecule has 0 saturated heterocycles. The Balaban J connectivity index is 0. The lowest BCUT2D eigenvalue weighted by molar-refractivity contribution is 0.143. The number of unbranched alkanes of at least 4 members (excludes halogenated alkanes) is 14. The van der Waals surface area contributed by atoms with Gasteiger partial charge in [-0.05, 0) is 12.8 Å². The molecule has 0 unspecified atom stereocenters. The minimum absolute atomic E-state index is 0. The first-order valence-corrected chi connectivity index (χ1v) is 10.7. The second-order valence-corrected chi connectivity index (χ2v) is 7.22. The molecule has 1 amide bonds. The molecule has 152 valence electrons. The van der Waals surface area contributed by atoms with Crippen molar-refractivity contribution in [3.8, 4) is 0 Å². The fraction of sp³-hybridized carbons (Fsp3) is 0.952. The van der Waals surface area contributed by atoms with Crippen LogP contribution in [0.5, 0.6) is 0 Å². The van der Waals surface area contributed by atoms with Crippen LogP contribution in [0.4, 0.5) is 4.79 Å². The van der Waals surface area contributed by atoms with Crippen molar-refractivity contribution >= 4 is 18.5 Å². The van der Waals surface area contributed by atoms with Crippen molar-refractivity contribution in [2.75, 3.05) is 13.1 Å². The zero-order chi connectivity index (χ0) is 17.9. The van der Waals surface area contributed by atoms with E-state index in [9.17, 15) is 9.90 Å². The topological polar surface area (TPSA) is 40.5 Å². The summed E-state index contributed by atoms with van der Waals surface area (Å²) in [6.45, 7) is 5.93. The van der Waals surface area contributed by atoms with Crippen LogP contribution in [0.15, 0.2) is 0 Å². The molecule has 0 aliphatic heterocycles. The predicted octanol–water partition coefficient (Wildman–Crippen LogP) is 7.67. The van der Waals surface area contributed by atoms with E-state index in [0.29, 0.717) is 0 Å². The van der Waals surface area contributed by atoms with Gasteiger partial charge in [-0.25, -0.2) is 4.79 Å². The van der Waals surface area contributed by atoms with Crippen LogP contribution in [0.2, 0.25) is 0 Å². The Morgan fingerprint density at radius 2 is 0.880 bits per heavy atom. The molecule has 3 nitrogen and oxygen atoms in total. The minimum atomic E-state index is -0.735. The average molecular weight is 378 g/mol. The van der Waals surface area contributed by atoms with Gasteiger partial charge in [-0.2, -0.15) is 0 Å². The lowest BCUT2D eigenvalue weighted by Gasteiger charge is -2.19.